The van der Waals surface area contributed by atoms with E-state index in [9.17, 15) is 14.1 Å². The standard InChI is InChI=1S/C25H25N3O5S/c1-5-33-23-18(7-6-8-19(23)24(29)30)16-9-10-20-21(12-16)28-25(27-20)34(31)13-17-11-14(2)22(32-4)15(3)26-17/h6-12H,5,13H2,1-4H3,(H,27,28)(H,29,30). The number of pyridine rings is 1. The quantitative estimate of drug-likeness (QED) is 0.378. The third-order valence-corrected chi connectivity index (χ3v) is 6.57. The van der Waals surface area contributed by atoms with Crippen LogP contribution in [-0.4, -0.2) is 44.0 Å². The molecule has 0 fully saturated rings. The molecule has 0 bridgehead atoms. The lowest BCUT2D eigenvalue weighted by molar-refractivity contribution is 0.0692. The van der Waals surface area contributed by atoms with E-state index in [4.69, 9.17) is 9.47 Å². The highest BCUT2D eigenvalue weighted by Gasteiger charge is 2.18. The van der Waals surface area contributed by atoms with Crippen LogP contribution in [0.5, 0.6) is 11.5 Å². The van der Waals surface area contributed by atoms with E-state index in [1.165, 1.54) is 6.07 Å². The van der Waals surface area contributed by atoms with Crippen molar-refractivity contribution in [2.75, 3.05) is 13.7 Å². The van der Waals surface area contributed by atoms with Crippen LogP contribution in [0, 0.1) is 13.8 Å². The number of hydrogen-bond donors (Lipinski definition) is 2. The zero-order valence-corrected chi connectivity index (χ0v) is 20.2. The number of benzene rings is 2. The molecule has 0 aliphatic heterocycles. The van der Waals surface area contributed by atoms with Gasteiger partial charge in [-0.1, -0.05) is 18.2 Å². The summed E-state index contributed by atoms with van der Waals surface area (Å²) in [6.07, 6.45) is 0. The summed E-state index contributed by atoms with van der Waals surface area (Å²) < 4.78 is 24.1. The van der Waals surface area contributed by atoms with Crippen molar-refractivity contribution in [1.29, 1.82) is 0 Å². The number of rotatable bonds is 8. The first-order chi connectivity index (χ1) is 16.3. The fourth-order valence-electron chi connectivity index (χ4n) is 3.98. The van der Waals surface area contributed by atoms with Gasteiger partial charge in [0.05, 0.1) is 52.7 Å². The molecule has 2 aromatic carbocycles. The minimum atomic E-state index is -1.43. The van der Waals surface area contributed by atoms with Gasteiger partial charge in [-0.25, -0.2) is 9.78 Å². The topological polar surface area (TPSA) is 114 Å². The Morgan fingerprint density at radius 2 is 1.91 bits per heavy atom. The Bertz CT molecular complexity index is 1390. The number of H-pyrrole nitrogens is 1. The molecule has 4 rings (SSSR count). The molecule has 0 aliphatic rings. The Labute approximate surface area is 199 Å². The number of ether oxygens (including phenoxy) is 2. The first-order valence-corrected chi connectivity index (χ1v) is 12.0. The molecule has 0 spiro atoms. The van der Waals surface area contributed by atoms with Crippen LogP contribution in [0.15, 0.2) is 47.6 Å². The van der Waals surface area contributed by atoms with Gasteiger partial charge in [-0.3, -0.25) is 9.19 Å². The van der Waals surface area contributed by atoms with Crippen LogP contribution in [0.2, 0.25) is 0 Å². The van der Waals surface area contributed by atoms with Crippen LogP contribution < -0.4 is 9.47 Å². The zero-order valence-electron chi connectivity index (χ0n) is 19.3. The first kappa shape index (κ1) is 23.4. The lowest BCUT2D eigenvalue weighted by atomic mass is 10.0. The molecular formula is C25H25N3O5S. The fourth-order valence-corrected chi connectivity index (χ4v) is 4.96. The molecule has 2 aromatic heterocycles. The summed E-state index contributed by atoms with van der Waals surface area (Å²) in [7, 11) is 0.171. The summed E-state index contributed by atoms with van der Waals surface area (Å²) in [5, 5.41) is 9.89. The number of carboxylic acid groups (broad SMARTS) is 1. The molecule has 1 atom stereocenters. The third-order valence-electron chi connectivity index (χ3n) is 5.39. The number of methoxy groups -OCH3 is 1. The molecule has 2 N–H and O–H groups in total. The number of fused-ring (bicyclic) bond motifs is 1. The maximum atomic E-state index is 13.0. The second kappa shape index (κ2) is 9.64. The van der Waals surface area contributed by atoms with Crippen molar-refractivity contribution in [3.8, 4) is 22.6 Å². The normalized spacial score (nSPS) is 12.0. The summed E-state index contributed by atoms with van der Waals surface area (Å²) in [6.45, 7) is 5.93. The van der Waals surface area contributed by atoms with E-state index in [1.54, 1.807) is 13.2 Å². The highest BCUT2D eigenvalue weighted by molar-refractivity contribution is 7.84. The van der Waals surface area contributed by atoms with E-state index < -0.39 is 16.8 Å². The molecule has 0 saturated carbocycles. The van der Waals surface area contributed by atoms with Gasteiger partial charge in [0.2, 0.25) is 0 Å². The van der Waals surface area contributed by atoms with Gasteiger partial charge in [0.25, 0.3) is 0 Å². The molecule has 176 valence electrons. The van der Waals surface area contributed by atoms with E-state index in [1.807, 2.05) is 51.1 Å². The molecule has 1 unspecified atom stereocenters. The largest absolute Gasteiger partial charge is 0.495 e. The van der Waals surface area contributed by atoms with Crippen LogP contribution in [0.3, 0.4) is 0 Å². The number of carboxylic acids is 1. The zero-order chi connectivity index (χ0) is 24.4. The van der Waals surface area contributed by atoms with E-state index in [-0.39, 0.29) is 11.3 Å². The number of nitrogens with one attached hydrogen (secondary N) is 1. The second-order valence-electron chi connectivity index (χ2n) is 7.73. The smallest absolute Gasteiger partial charge is 0.339 e. The second-order valence-corrected chi connectivity index (χ2v) is 9.10. The minimum absolute atomic E-state index is 0.100. The van der Waals surface area contributed by atoms with Crippen molar-refractivity contribution in [1.82, 2.24) is 15.0 Å². The van der Waals surface area contributed by atoms with Crippen LogP contribution in [0.25, 0.3) is 22.2 Å². The number of imidazole rings is 1. The summed E-state index contributed by atoms with van der Waals surface area (Å²) >= 11 is 0. The van der Waals surface area contributed by atoms with Crippen molar-refractivity contribution in [2.24, 2.45) is 0 Å². The number of aryl methyl sites for hydroxylation is 2. The summed E-state index contributed by atoms with van der Waals surface area (Å²) in [6, 6.07) is 12.4. The van der Waals surface area contributed by atoms with Crippen molar-refractivity contribution >= 4 is 27.8 Å². The van der Waals surface area contributed by atoms with E-state index in [2.05, 4.69) is 15.0 Å². The molecule has 0 saturated heterocycles. The molecule has 0 aliphatic carbocycles. The molecule has 8 nitrogen and oxygen atoms in total. The molecule has 4 aromatic rings. The van der Waals surface area contributed by atoms with Crippen LogP contribution >= 0.6 is 0 Å². The number of carbonyl (C=O) groups is 1. The van der Waals surface area contributed by atoms with Gasteiger partial charge in [-0.2, -0.15) is 0 Å². The first-order valence-electron chi connectivity index (χ1n) is 10.7. The SMILES string of the molecule is CCOc1c(C(=O)O)cccc1-c1ccc2nc(S(=O)Cc3cc(C)c(OC)c(C)n3)[nH]c2c1. The molecule has 9 heteroatoms. The lowest BCUT2D eigenvalue weighted by Crippen LogP contribution is -2.04. The van der Waals surface area contributed by atoms with Gasteiger partial charge in [-0.15, -0.1) is 0 Å². The predicted octanol–water partition coefficient (Wildman–Crippen LogP) is 4.66. The lowest BCUT2D eigenvalue weighted by Gasteiger charge is -2.13. The number of aromatic nitrogens is 3. The minimum Gasteiger partial charge on any atom is -0.495 e. The predicted molar refractivity (Wildman–Crippen MR) is 130 cm³/mol. The van der Waals surface area contributed by atoms with Crippen molar-refractivity contribution < 1.29 is 23.6 Å². The average molecular weight is 480 g/mol. The Morgan fingerprint density at radius 1 is 1.12 bits per heavy atom. The highest BCUT2D eigenvalue weighted by atomic mass is 32.2. The van der Waals surface area contributed by atoms with Gasteiger partial charge in [0.1, 0.15) is 17.1 Å². The van der Waals surface area contributed by atoms with Crippen LogP contribution in [0.1, 0.15) is 34.2 Å². The molecule has 0 radical (unpaired) electrons. The van der Waals surface area contributed by atoms with E-state index >= 15 is 0 Å². The van der Waals surface area contributed by atoms with Crippen molar-refractivity contribution in [3.63, 3.8) is 0 Å². The summed E-state index contributed by atoms with van der Waals surface area (Å²) in [4.78, 5) is 23.8. The molecule has 0 amide bonds. The van der Waals surface area contributed by atoms with E-state index in [0.717, 1.165) is 22.6 Å². The van der Waals surface area contributed by atoms with Gasteiger partial charge in [0, 0.05) is 5.56 Å². The molecule has 2 heterocycles. The number of hydrogen-bond acceptors (Lipinski definition) is 6. The summed E-state index contributed by atoms with van der Waals surface area (Å²) in [5.41, 5.74) is 5.26. The van der Waals surface area contributed by atoms with Crippen molar-refractivity contribution in [2.45, 2.75) is 31.7 Å². The highest BCUT2D eigenvalue weighted by Crippen LogP contribution is 2.35. The maximum absolute atomic E-state index is 13.0. The number of para-hydroxylation sites is 1. The van der Waals surface area contributed by atoms with Crippen molar-refractivity contribution in [3.05, 3.63) is 65.0 Å². The maximum Gasteiger partial charge on any atom is 0.339 e. The number of aromatic carboxylic acids is 1. The van der Waals surface area contributed by atoms with Gasteiger partial charge in [-0.05, 0) is 56.2 Å². The molecule has 34 heavy (non-hydrogen) atoms. The van der Waals surface area contributed by atoms with Crippen LogP contribution in [0.4, 0.5) is 0 Å². The third kappa shape index (κ3) is 4.51. The Kier molecular flexibility index (Phi) is 6.65. The monoisotopic (exact) mass is 479 g/mol. The van der Waals surface area contributed by atoms with Gasteiger partial charge in [0.15, 0.2) is 5.16 Å². The Balaban J connectivity index is 1.67. The Hall–Kier alpha value is -3.72. The molecular weight excluding hydrogens is 454 g/mol. The fraction of sp³-hybridized carbons (Fsp3) is 0.240. The Morgan fingerprint density at radius 3 is 2.59 bits per heavy atom. The van der Waals surface area contributed by atoms with E-state index in [0.29, 0.717) is 39.8 Å². The number of nitrogens with zero attached hydrogens (tertiary/aromatic N) is 2. The number of aromatic amines is 1. The van der Waals surface area contributed by atoms with Gasteiger partial charge < -0.3 is 19.6 Å². The average Bonchev–Trinajstić information content (AvgIpc) is 3.23. The summed E-state index contributed by atoms with van der Waals surface area (Å²) in [5.74, 6) is 0.205. The van der Waals surface area contributed by atoms with Crippen LogP contribution in [-0.2, 0) is 16.6 Å². The van der Waals surface area contributed by atoms with Gasteiger partial charge >= 0.3 is 5.97 Å².